The van der Waals surface area contributed by atoms with E-state index in [1.54, 1.807) is 6.20 Å². The van der Waals surface area contributed by atoms with Gasteiger partial charge in [0, 0.05) is 42.3 Å². The molecule has 0 spiro atoms. The first-order valence-electron chi connectivity index (χ1n) is 6.73. The molecule has 0 aliphatic rings. The topological polar surface area (TPSA) is 44.1 Å². The zero-order valence-corrected chi connectivity index (χ0v) is 12.2. The molecule has 0 fully saturated rings. The molecule has 2 aromatic heterocycles. The number of aryl methyl sites for hydroxylation is 1. The Morgan fingerprint density at radius 1 is 1.35 bits per heavy atom. The molecule has 2 rings (SSSR count). The van der Waals surface area contributed by atoms with Crippen molar-refractivity contribution in [1.29, 1.82) is 0 Å². The number of hydrogen-bond acceptors (Lipinski definition) is 3. The van der Waals surface area contributed by atoms with Crippen LogP contribution in [0.2, 0.25) is 0 Å². The maximum absolute atomic E-state index is 12.1. The fraction of sp³-hybridized carbons (Fsp3) is 0.375. The minimum absolute atomic E-state index is 0.0345. The van der Waals surface area contributed by atoms with E-state index in [1.807, 2.05) is 49.7 Å². The molecule has 0 saturated carbocycles. The van der Waals surface area contributed by atoms with E-state index in [-0.39, 0.29) is 12.4 Å². The molecule has 2 heterocycles. The summed E-state index contributed by atoms with van der Waals surface area (Å²) in [7, 11) is 1.96. The van der Waals surface area contributed by atoms with Gasteiger partial charge in [-0.25, -0.2) is 0 Å². The lowest BCUT2D eigenvalue weighted by Gasteiger charge is -2.04. The van der Waals surface area contributed by atoms with Gasteiger partial charge >= 0.3 is 0 Å². The van der Waals surface area contributed by atoms with Crippen LogP contribution in [0.5, 0.6) is 0 Å². The van der Waals surface area contributed by atoms with Gasteiger partial charge in [-0.2, -0.15) is 0 Å². The molecule has 0 unspecified atom stereocenters. The van der Waals surface area contributed by atoms with E-state index in [9.17, 15) is 4.79 Å². The van der Waals surface area contributed by atoms with Crippen LogP contribution in [0.4, 0.5) is 0 Å². The molecule has 0 radical (unpaired) electrons. The van der Waals surface area contributed by atoms with Gasteiger partial charge < -0.3 is 9.30 Å². The number of rotatable bonds is 6. The van der Waals surface area contributed by atoms with Crippen LogP contribution >= 0.6 is 0 Å². The number of pyridine rings is 1. The number of ketones is 1. The number of ether oxygens (including phenoxy) is 1. The highest BCUT2D eigenvalue weighted by atomic mass is 16.5. The average molecular weight is 272 g/mol. The molecule has 0 aromatic carbocycles. The zero-order valence-electron chi connectivity index (χ0n) is 12.2. The summed E-state index contributed by atoms with van der Waals surface area (Å²) in [5.41, 5.74) is 3.80. The lowest BCUT2D eigenvalue weighted by Crippen LogP contribution is -2.12. The Bertz CT molecular complexity index is 588. The Kier molecular flexibility index (Phi) is 4.69. The molecule has 0 amide bonds. The quantitative estimate of drug-likeness (QED) is 0.599. The Morgan fingerprint density at radius 2 is 2.15 bits per heavy atom. The summed E-state index contributed by atoms with van der Waals surface area (Å²) in [5, 5.41) is 0. The first kappa shape index (κ1) is 14.5. The van der Waals surface area contributed by atoms with Gasteiger partial charge in [-0.15, -0.1) is 0 Å². The van der Waals surface area contributed by atoms with Gasteiger partial charge in [0.05, 0.1) is 6.61 Å². The van der Waals surface area contributed by atoms with Crippen LogP contribution in [-0.4, -0.2) is 28.5 Å². The highest BCUT2D eigenvalue weighted by molar-refractivity contribution is 5.98. The van der Waals surface area contributed by atoms with E-state index < -0.39 is 0 Å². The summed E-state index contributed by atoms with van der Waals surface area (Å²) in [5.74, 6) is 0.0345. The molecule has 20 heavy (non-hydrogen) atoms. The highest BCUT2D eigenvalue weighted by Gasteiger charge is 2.13. The standard InChI is InChI=1S/C16H20N2O2/c1-12-10-15(13(2)18(12)3)16(19)11-20-9-7-14-6-4-5-8-17-14/h4-6,8,10H,7,9,11H2,1-3H3. The minimum atomic E-state index is 0.0345. The number of hydrogen-bond donors (Lipinski definition) is 0. The zero-order chi connectivity index (χ0) is 14.5. The van der Waals surface area contributed by atoms with Crippen LogP contribution in [-0.2, 0) is 18.2 Å². The largest absolute Gasteiger partial charge is 0.373 e. The first-order chi connectivity index (χ1) is 9.59. The van der Waals surface area contributed by atoms with Crippen LogP contribution in [0.25, 0.3) is 0 Å². The van der Waals surface area contributed by atoms with Crippen LogP contribution in [0.15, 0.2) is 30.5 Å². The van der Waals surface area contributed by atoms with Gasteiger partial charge in [-0.3, -0.25) is 9.78 Å². The third kappa shape index (κ3) is 3.33. The molecular formula is C16H20N2O2. The fourth-order valence-corrected chi connectivity index (χ4v) is 2.10. The van der Waals surface area contributed by atoms with Gasteiger partial charge in [0.1, 0.15) is 6.61 Å². The van der Waals surface area contributed by atoms with Gasteiger partial charge in [0.25, 0.3) is 0 Å². The van der Waals surface area contributed by atoms with Crippen LogP contribution < -0.4 is 0 Å². The van der Waals surface area contributed by atoms with Crippen molar-refractivity contribution in [3.05, 3.63) is 53.1 Å². The predicted molar refractivity (Wildman–Crippen MR) is 78.0 cm³/mol. The van der Waals surface area contributed by atoms with Crippen molar-refractivity contribution in [2.75, 3.05) is 13.2 Å². The fourth-order valence-electron chi connectivity index (χ4n) is 2.10. The highest BCUT2D eigenvalue weighted by Crippen LogP contribution is 2.13. The summed E-state index contributed by atoms with van der Waals surface area (Å²) in [6, 6.07) is 7.70. The minimum Gasteiger partial charge on any atom is -0.373 e. The third-order valence-electron chi connectivity index (χ3n) is 3.54. The summed E-state index contributed by atoms with van der Waals surface area (Å²) in [4.78, 5) is 16.3. The molecule has 0 bridgehead atoms. The molecule has 2 aromatic rings. The average Bonchev–Trinajstić information content (AvgIpc) is 2.72. The van der Waals surface area contributed by atoms with Crippen molar-refractivity contribution < 1.29 is 9.53 Å². The Morgan fingerprint density at radius 3 is 2.75 bits per heavy atom. The smallest absolute Gasteiger partial charge is 0.190 e. The van der Waals surface area contributed by atoms with E-state index in [0.29, 0.717) is 6.61 Å². The van der Waals surface area contributed by atoms with Gasteiger partial charge in [0.2, 0.25) is 0 Å². The van der Waals surface area contributed by atoms with E-state index in [0.717, 1.165) is 29.1 Å². The van der Waals surface area contributed by atoms with Crippen LogP contribution in [0.3, 0.4) is 0 Å². The summed E-state index contributed by atoms with van der Waals surface area (Å²) >= 11 is 0. The monoisotopic (exact) mass is 272 g/mol. The van der Waals surface area contributed by atoms with E-state index >= 15 is 0 Å². The lowest BCUT2D eigenvalue weighted by molar-refractivity contribution is 0.0763. The number of aromatic nitrogens is 2. The second kappa shape index (κ2) is 6.48. The van der Waals surface area contributed by atoms with Crippen molar-refractivity contribution in [3.63, 3.8) is 0 Å². The van der Waals surface area contributed by atoms with Crippen LogP contribution in [0.1, 0.15) is 27.4 Å². The molecule has 0 atom stereocenters. The second-order valence-corrected chi connectivity index (χ2v) is 4.89. The summed E-state index contributed by atoms with van der Waals surface area (Å²) < 4.78 is 7.47. The maximum atomic E-state index is 12.1. The van der Waals surface area contributed by atoms with Crippen molar-refractivity contribution >= 4 is 5.78 Å². The molecule has 0 aliphatic heterocycles. The van der Waals surface area contributed by atoms with E-state index in [1.165, 1.54) is 0 Å². The first-order valence-corrected chi connectivity index (χ1v) is 6.73. The maximum Gasteiger partial charge on any atom is 0.190 e. The van der Waals surface area contributed by atoms with E-state index in [2.05, 4.69) is 4.98 Å². The Labute approximate surface area is 119 Å². The Hall–Kier alpha value is -1.94. The van der Waals surface area contributed by atoms with Gasteiger partial charge in [-0.1, -0.05) is 6.07 Å². The Balaban J connectivity index is 1.82. The molecule has 0 aliphatic carbocycles. The summed E-state index contributed by atoms with van der Waals surface area (Å²) in [6.45, 7) is 4.57. The molecule has 0 saturated heterocycles. The number of nitrogens with zero attached hydrogens (tertiary/aromatic N) is 2. The summed E-state index contributed by atoms with van der Waals surface area (Å²) in [6.07, 6.45) is 2.48. The number of carbonyl (C=O) groups is 1. The van der Waals surface area contributed by atoms with Crippen molar-refractivity contribution in [2.24, 2.45) is 7.05 Å². The molecule has 4 heteroatoms. The molecule has 106 valence electrons. The third-order valence-corrected chi connectivity index (χ3v) is 3.54. The lowest BCUT2D eigenvalue weighted by atomic mass is 10.1. The van der Waals surface area contributed by atoms with Crippen molar-refractivity contribution in [3.8, 4) is 0 Å². The van der Waals surface area contributed by atoms with E-state index in [4.69, 9.17) is 4.74 Å². The predicted octanol–water partition coefficient (Wildman–Crippen LogP) is 2.48. The number of Topliss-reactive ketones (excluding diaryl/α,β-unsaturated/α-hetero) is 1. The van der Waals surface area contributed by atoms with Crippen molar-refractivity contribution in [1.82, 2.24) is 9.55 Å². The second-order valence-electron chi connectivity index (χ2n) is 4.89. The molecular weight excluding hydrogens is 252 g/mol. The van der Waals surface area contributed by atoms with Crippen LogP contribution in [0, 0.1) is 13.8 Å². The molecule has 0 N–H and O–H groups in total. The molecule has 4 nitrogen and oxygen atoms in total. The van der Waals surface area contributed by atoms with Gasteiger partial charge in [0.15, 0.2) is 5.78 Å². The number of carbonyl (C=O) groups excluding carboxylic acids is 1. The normalized spacial score (nSPS) is 10.8. The SMILES string of the molecule is Cc1cc(C(=O)COCCc2ccccn2)c(C)n1C. The van der Waals surface area contributed by atoms with Gasteiger partial charge in [-0.05, 0) is 32.0 Å². The van der Waals surface area contributed by atoms with Crippen molar-refractivity contribution in [2.45, 2.75) is 20.3 Å².